The summed E-state index contributed by atoms with van der Waals surface area (Å²) >= 11 is 3.17. The summed E-state index contributed by atoms with van der Waals surface area (Å²) in [6.45, 7) is 0. The number of carboxylic acids is 1. The van der Waals surface area contributed by atoms with Crippen LogP contribution in [0.4, 0.5) is 0 Å². The summed E-state index contributed by atoms with van der Waals surface area (Å²) in [5.41, 5.74) is 0.764. The average molecular weight is 228 g/mol. The highest BCUT2D eigenvalue weighted by Crippen LogP contribution is 2.07. The lowest BCUT2D eigenvalue weighted by Gasteiger charge is -1.90. The summed E-state index contributed by atoms with van der Waals surface area (Å²) in [7, 11) is 0. The summed E-state index contributed by atoms with van der Waals surface area (Å²) in [6.07, 6.45) is 4.15. The van der Waals surface area contributed by atoms with E-state index in [1.807, 2.05) is 0 Å². The molecule has 0 aliphatic rings. The van der Waals surface area contributed by atoms with Crippen LogP contribution in [0.3, 0.4) is 0 Å². The zero-order valence-electron chi connectivity index (χ0n) is 6.07. The molecule has 0 aliphatic carbocycles. The normalized spacial score (nSPS) is 10.4. The van der Waals surface area contributed by atoms with E-state index in [2.05, 4.69) is 20.9 Å². The minimum atomic E-state index is -0.960. The van der Waals surface area contributed by atoms with Crippen LogP contribution >= 0.6 is 15.9 Å². The van der Waals surface area contributed by atoms with E-state index < -0.39 is 5.97 Å². The third-order valence-electron chi connectivity index (χ3n) is 1.17. The number of rotatable bonds is 2. The fourth-order valence-electron chi connectivity index (χ4n) is 0.653. The van der Waals surface area contributed by atoms with E-state index in [0.29, 0.717) is 0 Å². The number of hydrogen-bond acceptors (Lipinski definition) is 2. The average Bonchev–Trinajstić information content (AvgIpc) is 2.03. The Morgan fingerprint density at radius 2 is 2.33 bits per heavy atom. The van der Waals surface area contributed by atoms with Crippen LogP contribution in [0.5, 0.6) is 0 Å². The Bertz CT molecular complexity index is 305. The van der Waals surface area contributed by atoms with E-state index in [9.17, 15) is 4.79 Å². The van der Waals surface area contributed by atoms with E-state index in [1.165, 1.54) is 6.08 Å². The van der Waals surface area contributed by atoms with Crippen molar-refractivity contribution in [3.8, 4) is 0 Å². The maximum Gasteiger partial charge on any atom is 0.328 e. The Balaban J connectivity index is 2.77. The van der Waals surface area contributed by atoms with Crippen LogP contribution in [0.25, 0.3) is 6.08 Å². The summed E-state index contributed by atoms with van der Waals surface area (Å²) in [4.78, 5) is 14.1. The van der Waals surface area contributed by atoms with Gasteiger partial charge in [0.05, 0.1) is 0 Å². The SMILES string of the molecule is O=C(O)/C=C/c1ccc(Br)nc1. The van der Waals surface area contributed by atoms with Crippen LogP contribution in [-0.2, 0) is 4.79 Å². The van der Waals surface area contributed by atoms with Gasteiger partial charge in [0.25, 0.3) is 0 Å². The molecule has 0 amide bonds. The van der Waals surface area contributed by atoms with Crippen molar-refractivity contribution in [2.45, 2.75) is 0 Å². The van der Waals surface area contributed by atoms with Crippen molar-refractivity contribution in [2.24, 2.45) is 0 Å². The van der Waals surface area contributed by atoms with Gasteiger partial charge in [-0.25, -0.2) is 9.78 Å². The highest BCUT2D eigenvalue weighted by molar-refractivity contribution is 9.10. The number of carboxylic acid groups (broad SMARTS) is 1. The van der Waals surface area contributed by atoms with E-state index in [1.54, 1.807) is 18.3 Å². The highest BCUT2D eigenvalue weighted by atomic mass is 79.9. The van der Waals surface area contributed by atoms with Crippen molar-refractivity contribution in [3.05, 3.63) is 34.6 Å². The van der Waals surface area contributed by atoms with Gasteiger partial charge in [-0.05, 0) is 33.6 Å². The number of nitrogens with zero attached hydrogens (tertiary/aromatic N) is 1. The number of aromatic nitrogens is 1. The minimum absolute atomic E-state index is 0.731. The molecule has 12 heavy (non-hydrogen) atoms. The van der Waals surface area contributed by atoms with Crippen molar-refractivity contribution in [2.75, 3.05) is 0 Å². The molecule has 0 saturated carbocycles. The molecule has 3 nitrogen and oxygen atoms in total. The third-order valence-corrected chi connectivity index (χ3v) is 1.64. The lowest BCUT2D eigenvalue weighted by atomic mass is 10.3. The summed E-state index contributed by atoms with van der Waals surface area (Å²) in [6, 6.07) is 3.53. The Morgan fingerprint density at radius 3 is 2.83 bits per heavy atom. The molecule has 4 heteroatoms. The van der Waals surface area contributed by atoms with Gasteiger partial charge < -0.3 is 5.11 Å². The second kappa shape index (κ2) is 4.01. The molecule has 62 valence electrons. The van der Waals surface area contributed by atoms with Crippen LogP contribution in [0.1, 0.15) is 5.56 Å². The van der Waals surface area contributed by atoms with E-state index in [0.717, 1.165) is 16.2 Å². The molecule has 1 N–H and O–H groups in total. The van der Waals surface area contributed by atoms with Gasteiger partial charge in [0.1, 0.15) is 4.60 Å². The molecule has 0 fully saturated rings. The molecule has 0 radical (unpaired) electrons. The quantitative estimate of drug-likeness (QED) is 0.621. The zero-order valence-corrected chi connectivity index (χ0v) is 7.65. The summed E-state index contributed by atoms with van der Waals surface area (Å²) in [5.74, 6) is -0.960. The number of hydrogen-bond donors (Lipinski definition) is 1. The first-order chi connectivity index (χ1) is 5.68. The summed E-state index contributed by atoms with van der Waals surface area (Å²) in [5, 5.41) is 8.31. The van der Waals surface area contributed by atoms with Crippen molar-refractivity contribution in [1.29, 1.82) is 0 Å². The van der Waals surface area contributed by atoms with Gasteiger partial charge in [-0.2, -0.15) is 0 Å². The molecule has 1 rings (SSSR count). The molecule has 0 bridgehead atoms. The Labute approximate surface area is 77.9 Å². The number of aliphatic carboxylic acids is 1. The second-order valence-electron chi connectivity index (χ2n) is 2.09. The van der Waals surface area contributed by atoms with Crippen LogP contribution < -0.4 is 0 Å². The molecule has 0 spiro atoms. The van der Waals surface area contributed by atoms with Crippen LogP contribution in [0.15, 0.2) is 29.0 Å². The number of halogens is 1. The molecule has 0 atom stereocenters. The van der Waals surface area contributed by atoms with E-state index in [4.69, 9.17) is 5.11 Å². The molecule has 1 aromatic rings. The minimum Gasteiger partial charge on any atom is -0.478 e. The van der Waals surface area contributed by atoms with E-state index >= 15 is 0 Å². The Morgan fingerprint density at radius 1 is 1.58 bits per heavy atom. The third kappa shape index (κ3) is 2.84. The molecule has 1 heterocycles. The maximum absolute atomic E-state index is 10.1. The molecular formula is C8H6BrNO2. The van der Waals surface area contributed by atoms with Gasteiger partial charge in [-0.3, -0.25) is 0 Å². The predicted octanol–water partition coefficient (Wildman–Crippen LogP) is 1.94. The highest BCUT2D eigenvalue weighted by Gasteiger charge is 1.90. The van der Waals surface area contributed by atoms with Gasteiger partial charge in [0.2, 0.25) is 0 Å². The molecule has 0 saturated heterocycles. The maximum atomic E-state index is 10.1. The van der Waals surface area contributed by atoms with E-state index in [-0.39, 0.29) is 0 Å². The Kier molecular flexibility index (Phi) is 2.99. The summed E-state index contributed by atoms with van der Waals surface area (Å²) < 4.78 is 0.731. The zero-order chi connectivity index (χ0) is 8.97. The van der Waals surface area contributed by atoms with Gasteiger partial charge in [-0.15, -0.1) is 0 Å². The molecule has 0 unspecified atom stereocenters. The fraction of sp³-hybridized carbons (Fsp3) is 0. The lowest BCUT2D eigenvalue weighted by Crippen LogP contribution is -1.85. The van der Waals surface area contributed by atoms with Crippen LogP contribution in [-0.4, -0.2) is 16.1 Å². The van der Waals surface area contributed by atoms with Gasteiger partial charge in [-0.1, -0.05) is 6.07 Å². The first kappa shape index (κ1) is 8.93. The van der Waals surface area contributed by atoms with Gasteiger partial charge in [0, 0.05) is 12.3 Å². The number of carbonyl (C=O) groups is 1. The predicted molar refractivity (Wildman–Crippen MR) is 48.6 cm³/mol. The largest absolute Gasteiger partial charge is 0.478 e. The first-order valence-electron chi connectivity index (χ1n) is 3.21. The molecule has 1 aromatic heterocycles. The second-order valence-corrected chi connectivity index (χ2v) is 2.90. The van der Waals surface area contributed by atoms with Crippen molar-refractivity contribution < 1.29 is 9.90 Å². The van der Waals surface area contributed by atoms with Crippen molar-refractivity contribution in [1.82, 2.24) is 4.98 Å². The number of pyridine rings is 1. The monoisotopic (exact) mass is 227 g/mol. The van der Waals surface area contributed by atoms with Crippen molar-refractivity contribution >= 4 is 28.0 Å². The van der Waals surface area contributed by atoms with Crippen molar-refractivity contribution in [3.63, 3.8) is 0 Å². The van der Waals surface area contributed by atoms with Crippen LogP contribution in [0, 0.1) is 0 Å². The van der Waals surface area contributed by atoms with Crippen LogP contribution in [0.2, 0.25) is 0 Å². The molecule has 0 aromatic carbocycles. The topological polar surface area (TPSA) is 50.2 Å². The molecule has 0 aliphatic heterocycles. The molecular weight excluding hydrogens is 222 g/mol. The Hall–Kier alpha value is -1.16. The van der Waals surface area contributed by atoms with Gasteiger partial charge >= 0.3 is 5.97 Å². The lowest BCUT2D eigenvalue weighted by molar-refractivity contribution is -0.131. The fourth-order valence-corrected chi connectivity index (χ4v) is 0.888. The standard InChI is InChI=1S/C8H6BrNO2/c9-7-3-1-6(5-10-7)2-4-8(11)12/h1-5H,(H,11,12)/b4-2+. The van der Waals surface area contributed by atoms with Gasteiger partial charge in [0.15, 0.2) is 0 Å². The first-order valence-corrected chi connectivity index (χ1v) is 4.00. The smallest absolute Gasteiger partial charge is 0.328 e.